The first-order valence-electron chi connectivity index (χ1n) is 9.88. The van der Waals surface area contributed by atoms with E-state index < -0.39 is 24.5 Å². The maximum Gasteiger partial charge on any atom is 0.164 e. The lowest BCUT2D eigenvalue weighted by Crippen LogP contribution is -2.30. The molecule has 3 N–H and O–H groups in total. The molecule has 3 heterocycles. The number of fused-ring (bicyclic) bond motifs is 1. The van der Waals surface area contributed by atoms with Crippen molar-refractivity contribution in [2.45, 2.75) is 31.5 Å². The van der Waals surface area contributed by atoms with E-state index in [9.17, 15) is 10.2 Å². The van der Waals surface area contributed by atoms with Crippen molar-refractivity contribution in [2.24, 2.45) is 0 Å². The average molecular weight is 402 g/mol. The van der Waals surface area contributed by atoms with E-state index in [1.165, 1.54) is 6.33 Å². The fourth-order valence-corrected chi connectivity index (χ4v) is 3.93. The van der Waals surface area contributed by atoms with Gasteiger partial charge in [0.2, 0.25) is 0 Å². The third kappa shape index (κ3) is 3.13. The third-order valence-electron chi connectivity index (χ3n) is 5.48. The molecule has 30 heavy (non-hydrogen) atoms. The minimum Gasteiger partial charge on any atom is -0.388 e. The van der Waals surface area contributed by atoms with Gasteiger partial charge in [-0.1, -0.05) is 48.5 Å². The molecule has 0 amide bonds. The molecule has 5 rings (SSSR count). The molecule has 4 aromatic rings. The molecule has 1 aliphatic rings. The van der Waals surface area contributed by atoms with E-state index in [-0.39, 0.29) is 0 Å². The van der Waals surface area contributed by atoms with Gasteiger partial charge < -0.3 is 24.8 Å². The maximum absolute atomic E-state index is 10.6. The van der Waals surface area contributed by atoms with E-state index in [4.69, 9.17) is 4.74 Å². The van der Waals surface area contributed by atoms with Crippen LogP contribution < -0.4 is 5.32 Å². The predicted octanol–water partition coefficient (Wildman–Crippen LogP) is 3.48. The van der Waals surface area contributed by atoms with Gasteiger partial charge in [0.25, 0.3) is 0 Å². The summed E-state index contributed by atoms with van der Waals surface area (Å²) in [5.41, 5.74) is 3.43. The van der Waals surface area contributed by atoms with Crippen molar-refractivity contribution in [3.8, 4) is 11.1 Å². The van der Waals surface area contributed by atoms with Crippen LogP contribution in [0.5, 0.6) is 0 Å². The van der Waals surface area contributed by atoms with Crippen LogP contribution in [-0.4, -0.2) is 43.1 Å². The van der Waals surface area contributed by atoms with Gasteiger partial charge in [0.1, 0.15) is 30.0 Å². The minimum absolute atomic E-state index is 0.480. The highest BCUT2D eigenvalue weighted by Crippen LogP contribution is 2.39. The van der Waals surface area contributed by atoms with Crippen molar-refractivity contribution < 1.29 is 14.9 Å². The number of aliphatic hydroxyl groups excluding tert-OH is 2. The van der Waals surface area contributed by atoms with Gasteiger partial charge in [0, 0.05) is 17.4 Å². The summed E-state index contributed by atoms with van der Waals surface area (Å²) in [5.74, 6) is 0.657. The number of nitrogens with zero attached hydrogens (tertiary/aromatic N) is 3. The molecule has 1 saturated heterocycles. The molecule has 0 aliphatic carbocycles. The van der Waals surface area contributed by atoms with Crippen LogP contribution in [0.25, 0.3) is 22.2 Å². The summed E-state index contributed by atoms with van der Waals surface area (Å²) in [4.78, 5) is 8.99. The fourth-order valence-electron chi connectivity index (χ4n) is 3.93. The SMILES string of the molecule is C[C@@H]1O[C@@H](n2cc(-c3ccccc3)c3c(Nc4ccccc4)ncnc32)[C@H](O)[C@@H]1O. The Labute approximate surface area is 173 Å². The Balaban J connectivity index is 1.70. The van der Waals surface area contributed by atoms with Crippen molar-refractivity contribution in [1.29, 1.82) is 0 Å². The largest absolute Gasteiger partial charge is 0.388 e. The van der Waals surface area contributed by atoms with E-state index in [2.05, 4.69) is 15.3 Å². The molecule has 4 atom stereocenters. The summed E-state index contributed by atoms with van der Waals surface area (Å²) in [6.45, 7) is 1.75. The van der Waals surface area contributed by atoms with Gasteiger partial charge >= 0.3 is 0 Å². The molecule has 0 bridgehead atoms. The molecule has 0 saturated carbocycles. The topological polar surface area (TPSA) is 92.4 Å². The Kier molecular flexibility index (Phi) is 4.71. The first kappa shape index (κ1) is 18.7. The van der Waals surface area contributed by atoms with E-state index >= 15 is 0 Å². The lowest BCUT2D eigenvalue weighted by Gasteiger charge is -2.17. The highest BCUT2D eigenvalue weighted by Gasteiger charge is 2.42. The van der Waals surface area contributed by atoms with Crippen LogP contribution in [0.2, 0.25) is 0 Å². The Morgan fingerprint density at radius 1 is 0.933 bits per heavy atom. The molecule has 7 nitrogen and oxygen atoms in total. The number of ether oxygens (including phenoxy) is 1. The van der Waals surface area contributed by atoms with E-state index in [1.807, 2.05) is 66.9 Å². The summed E-state index contributed by atoms with van der Waals surface area (Å²) in [7, 11) is 0. The first-order valence-corrected chi connectivity index (χ1v) is 9.88. The molecule has 1 fully saturated rings. The molecular weight excluding hydrogens is 380 g/mol. The van der Waals surface area contributed by atoms with Crippen LogP contribution in [-0.2, 0) is 4.74 Å². The number of aromatic nitrogens is 3. The lowest BCUT2D eigenvalue weighted by atomic mass is 10.1. The van der Waals surface area contributed by atoms with E-state index in [0.717, 1.165) is 22.2 Å². The highest BCUT2D eigenvalue weighted by molar-refractivity contribution is 6.02. The van der Waals surface area contributed by atoms with Crippen LogP contribution in [0.1, 0.15) is 13.2 Å². The van der Waals surface area contributed by atoms with E-state index in [0.29, 0.717) is 11.5 Å². The number of aliphatic hydroxyl groups is 2. The number of para-hydroxylation sites is 1. The average Bonchev–Trinajstić information content (AvgIpc) is 3.29. The van der Waals surface area contributed by atoms with E-state index in [1.54, 1.807) is 11.5 Å². The second-order valence-electron chi connectivity index (χ2n) is 7.44. The van der Waals surface area contributed by atoms with Gasteiger partial charge in [-0.15, -0.1) is 0 Å². The van der Waals surface area contributed by atoms with Crippen molar-refractivity contribution in [2.75, 3.05) is 5.32 Å². The lowest BCUT2D eigenvalue weighted by molar-refractivity contribution is -0.0295. The Morgan fingerprint density at radius 3 is 2.30 bits per heavy atom. The molecule has 7 heteroatoms. The summed E-state index contributed by atoms with van der Waals surface area (Å²) < 4.78 is 7.65. The summed E-state index contributed by atoms with van der Waals surface area (Å²) >= 11 is 0. The number of anilines is 2. The molecule has 2 aromatic heterocycles. The Bertz CT molecular complexity index is 1160. The zero-order valence-corrected chi connectivity index (χ0v) is 16.4. The van der Waals surface area contributed by atoms with Crippen LogP contribution >= 0.6 is 0 Å². The maximum atomic E-state index is 10.6. The normalized spacial score (nSPS) is 23.7. The summed E-state index contributed by atoms with van der Waals surface area (Å²) in [6.07, 6.45) is 0.153. The third-order valence-corrected chi connectivity index (χ3v) is 5.48. The summed E-state index contributed by atoms with van der Waals surface area (Å²) in [5, 5.41) is 25.0. The van der Waals surface area contributed by atoms with Crippen molar-refractivity contribution >= 4 is 22.5 Å². The monoisotopic (exact) mass is 402 g/mol. The minimum atomic E-state index is -1.06. The number of nitrogens with one attached hydrogen (secondary N) is 1. The Hall–Kier alpha value is -3.26. The smallest absolute Gasteiger partial charge is 0.164 e. The van der Waals surface area contributed by atoms with Crippen molar-refractivity contribution in [1.82, 2.24) is 14.5 Å². The van der Waals surface area contributed by atoms with Gasteiger partial charge in [0.15, 0.2) is 6.23 Å². The molecule has 0 unspecified atom stereocenters. The molecule has 1 aliphatic heterocycles. The quantitative estimate of drug-likeness (QED) is 0.484. The van der Waals surface area contributed by atoms with Gasteiger partial charge in [-0.05, 0) is 24.6 Å². The molecule has 0 spiro atoms. The van der Waals surface area contributed by atoms with Gasteiger partial charge in [-0.25, -0.2) is 9.97 Å². The van der Waals surface area contributed by atoms with Crippen LogP contribution in [0.4, 0.5) is 11.5 Å². The summed E-state index contributed by atoms with van der Waals surface area (Å²) in [6, 6.07) is 19.7. The predicted molar refractivity (Wildman–Crippen MR) is 114 cm³/mol. The van der Waals surface area contributed by atoms with Gasteiger partial charge in [-0.2, -0.15) is 0 Å². The zero-order chi connectivity index (χ0) is 20.7. The fraction of sp³-hybridized carbons (Fsp3) is 0.217. The molecule has 0 radical (unpaired) electrons. The number of hydrogen-bond donors (Lipinski definition) is 3. The first-order chi connectivity index (χ1) is 14.6. The van der Waals surface area contributed by atoms with Crippen molar-refractivity contribution in [3.63, 3.8) is 0 Å². The number of benzene rings is 2. The number of rotatable bonds is 4. The second-order valence-corrected chi connectivity index (χ2v) is 7.44. The van der Waals surface area contributed by atoms with Crippen molar-refractivity contribution in [3.05, 3.63) is 73.2 Å². The number of hydrogen-bond acceptors (Lipinski definition) is 6. The second kappa shape index (κ2) is 7.53. The molecular formula is C23H22N4O3. The standard InChI is InChI=1S/C23H22N4O3/c1-14-19(28)20(29)23(30-14)27-12-17(15-8-4-2-5-9-15)18-21(24-13-25-22(18)27)26-16-10-6-3-7-11-16/h2-14,19-20,23,28-29H,1H3,(H,24,25,26)/t14-,19+,20+,23+/m0/s1. The molecule has 2 aromatic carbocycles. The van der Waals surface area contributed by atoms with Gasteiger partial charge in [0.05, 0.1) is 11.5 Å². The van der Waals surface area contributed by atoms with Crippen LogP contribution in [0.3, 0.4) is 0 Å². The Morgan fingerprint density at radius 2 is 1.63 bits per heavy atom. The van der Waals surface area contributed by atoms with Crippen LogP contribution in [0, 0.1) is 0 Å². The van der Waals surface area contributed by atoms with Gasteiger partial charge in [-0.3, -0.25) is 0 Å². The molecule has 152 valence electrons. The highest BCUT2D eigenvalue weighted by atomic mass is 16.6. The van der Waals surface area contributed by atoms with Crippen LogP contribution in [0.15, 0.2) is 73.2 Å². The zero-order valence-electron chi connectivity index (χ0n) is 16.4.